The van der Waals surface area contributed by atoms with Gasteiger partial charge in [-0.3, -0.25) is 0 Å². The Labute approximate surface area is 64.3 Å². The summed E-state index contributed by atoms with van der Waals surface area (Å²) in [4.78, 5) is 0. The molecular weight excluding hydrogens is 123 g/mol. The highest BCUT2D eigenvalue weighted by molar-refractivity contribution is 6.36. The van der Waals surface area contributed by atoms with Crippen LogP contribution in [-0.4, -0.2) is 32.4 Å². The van der Waals surface area contributed by atoms with Gasteiger partial charge in [0.05, 0.1) is 0 Å². The minimum atomic E-state index is -0.412. The number of nitriles is 1. The number of quaternary nitrogens is 1. The number of hydrogen-bond acceptors (Lipinski definition) is 1. The molecule has 0 heterocycles. The van der Waals surface area contributed by atoms with Crippen molar-refractivity contribution in [2.24, 2.45) is 0 Å². The van der Waals surface area contributed by atoms with Crippen LogP contribution >= 0.6 is 0 Å². The second-order valence-electron chi connectivity index (χ2n) is 3.81. The van der Waals surface area contributed by atoms with Crippen LogP contribution in [0.2, 0.25) is 0 Å². The zero-order valence-corrected chi connectivity index (χ0v) is 7.52. The molecule has 0 aliphatic heterocycles. The van der Waals surface area contributed by atoms with Gasteiger partial charge in [-0.2, -0.15) is 0 Å². The molecule has 0 aromatic carbocycles. The first-order valence-electron chi connectivity index (χ1n) is 4.09. The molecular formula is C7H17BN2. The average molecular weight is 140 g/mol. The fourth-order valence-corrected chi connectivity index (χ4v) is 1.01. The fourth-order valence-electron chi connectivity index (χ4n) is 1.01. The minimum absolute atomic E-state index is 0.412. The Bertz CT molecular complexity index is 126. The molecule has 0 saturated heterocycles. The van der Waals surface area contributed by atoms with Crippen molar-refractivity contribution < 1.29 is 4.39 Å². The van der Waals surface area contributed by atoms with Crippen LogP contribution in [0, 0.1) is 11.2 Å². The maximum atomic E-state index is 8.49. The third kappa shape index (κ3) is 4.40. The van der Waals surface area contributed by atoms with Crippen molar-refractivity contribution in [1.29, 1.82) is 5.26 Å². The van der Waals surface area contributed by atoms with E-state index < -0.39 is 7.41 Å². The van der Waals surface area contributed by atoms with Gasteiger partial charge in [0.1, 0.15) is 0 Å². The summed E-state index contributed by atoms with van der Waals surface area (Å²) in [6.45, 7) is 3.36. The van der Waals surface area contributed by atoms with Crippen LogP contribution in [0.5, 0.6) is 0 Å². The Morgan fingerprint density at radius 2 is 2.10 bits per heavy atom. The third-order valence-corrected chi connectivity index (χ3v) is 1.89. The quantitative estimate of drug-likeness (QED) is 0.519. The average Bonchev–Trinajstić information content (AvgIpc) is 1.84. The van der Waals surface area contributed by atoms with Crippen molar-refractivity contribution in [1.82, 2.24) is 0 Å². The molecule has 0 radical (unpaired) electrons. The fraction of sp³-hybridized carbons (Fsp3) is 0.857. The maximum Gasteiger partial charge on any atom is 0.281 e. The molecule has 0 N–H and O–H groups in total. The summed E-state index contributed by atoms with van der Waals surface area (Å²) in [5, 5.41) is 8.49. The van der Waals surface area contributed by atoms with Crippen molar-refractivity contribution in [3.63, 3.8) is 0 Å². The van der Waals surface area contributed by atoms with E-state index in [0.29, 0.717) is 0 Å². The number of unbranched alkanes of at least 4 members (excludes halogenated alkanes) is 1. The van der Waals surface area contributed by atoms with E-state index in [1.807, 2.05) is 0 Å². The molecule has 0 fully saturated rings. The third-order valence-electron chi connectivity index (χ3n) is 1.89. The molecule has 0 amide bonds. The molecule has 0 aromatic heterocycles. The van der Waals surface area contributed by atoms with Gasteiger partial charge in [-0.05, 0) is 6.42 Å². The molecule has 0 atom stereocenters. The molecule has 0 rings (SSSR count). The van der Waals surface area contributed by atoms with Gasteiger partial charge in [0.2, 0.25) is 0 Å². The van der Waals surface area contributed by atoms with Gasteiger partial charge in [-0.1, -0.05) is 19.3 Å². The largest absolute Gasteiger partial charge is 0.513 e. The molecule has 0 unspecified atom stereocenters. The number of hydrogen-bond donors (Lipinski definition) is 0. The van der Waals surface area contributed by atoms with E-state index in [1.165, 1.54) is 19.4 Å². The predicted molar refractivity (Wildman–Crippen MR) is 46.0 cm³/mol. The van der Waals surface area contributed by atoms with Gasteiger partial charge >= 0.3 is 0 Å². The first kappa shape index (κ1) is 9.51. The second-order valence-corrected chi connectivity index (χ2v) is 3.81. The monoisotopic (exact) mass is 140 g/mol. The highest BCUT2D eigenvalue weighted by Gasteiger charge is 2.05. The summed E-state index contributed by atoms with van der Waals surface area (Å²) >= 11 is 0. The van der Waals surface area contributed by atoms with E-state index in [4.69, 9.17) is 5.26 Å². The van der Waals surface area contributed by atoms with Gasteiger partial charge in [-0.15, -0.1) is 0 Å². The molecule has 2 nitrogen and oxygen atoms in total. The van der Waals surface area contributed by atoms with Crippen molar-refractivity contribution >= 4 is 7.41 Å². The van der Waals surface area contributed by atoms with Crippen LogP contribution in [-0.2, 0) is 0 Å². The summed E-state index contributed by atoms with van der Waals surface area (Å²) in [6.07, 6.45) is 2.48. The summed E-state index contributed by atoms with van der Waals surface area (Å²) < 4.78 is 0.963. The lowest BCUT2D eigenvalue weighted by Crippen LogP contribution is -2.43. The Kier molecular flexibility index (Phi) is 4.14. The van der Waals surface area contributed by atoms with Crippen LogP contribution in [0.15, 0.2) is 0 Å². The summed E-state index contributed by atoms with van der Waals surface area (Å²) in [6, 6.07) is 0. The number of rotatable bonds is 4. The van der Waals surface area contributed by atoms with Crippen LogP contribution in [0.1, 0.15) is 19.8 Å². The molecule has 0 spiro atoms. The SMILES string of the molecule is CCCC[N+](C)(C)[BH2-]C#N. The van der Waals surface area contributed by atoms with Crippen molar-refractivity contribution in [2.45, 2.75) is 19.8 Å². The second kappa shape index (κ2) is 4.35. The lowest BCUT2D eigenvalue weighted by molar-refractivity contribution is -0.777. The Hall–Kier alpha value is -0.485. The Balaban J connectivity index is 3.55. The predicted octanol–water partition coefficient (Wildman–Crippen LogP) is 0.428. The van der Waals surface area contributed by atoms with Crippen LogP contribution < -0.4 is 0 Å². The molecule has 58 valence electrons. The topological polar surface area (TPSA) is 23.8 Å². The smallest absolute Gasteiger partial charge is 0.281 e. The van der Waals surface area contributed by atoms with Gasteiger partial charge in [0, 0.05) is 20.6 Å². The van der Waals surface area contributed by atoms with E-state index in [2.05, 4.69) is 27.0 Å². The molecule has 0 aromatic rings. The summed E-state index contributed by atoms with van der Waals surface area (Å²) in [5.41, 5.74) is 0. The lowest BCUT2D eigenvalue weighted by Gasteiger charge is -2.36. The van der Waals surface area contributed by atoms with Gasteiger partial charge in [0.15, 0.2) is 0 Å². The zero-order chi connectivity index (χ0) is 8.04. The summed E-state index contributed by atoms with van der Waals surface area (Å²) in [7, 11) is 3.89. The van der Waals surface area contributed by atoms with E-state index in [0.717, 1.165) is 4.39 Å². The molecule has 0 aliphatic rings. The van der Waals surface area contributed by atoms with Crippen LogP contribution in [0.3, 0.4) is 0 Å². The minimum Gasteiger partial charge on any atom is -0.513 e. The standard InChI is InChI=1S/C7H17BN2/c1-4-5-6-10(2,3)8-7-9/h4-6,8H2,1-3H3. The van der Waals surface area contributed by atoms with Crippen LogP contribution in [0.4, 0.5) is 0 Å². The lowest BCUT2D eigenvalue weighted by atomic mass is 9.91. The van der Waals surface area contributed by atoms with Crippen LogP contribution in [0.25, 0.3) is 0 Å². The van der Waals surface area contributed by atoms with Gasteiger partial charge in [-0.25, -0.2) is 5.26 Å². The Morgan fingerprint density at radius 3 is 2.50 bits per heavy atom. The summed E-state index contributed by atoms with van der Waals surface area (Å²) in [5.74, 6) is 2.31. The first-order chi connectivity index (χ1) is 4.62. The van der Waals surface area contributed by atoms with E-state index in [9.17, 15) is 0 Å². The zero-order valence-electron chi connectivity index (χ0n) is 7.52. The van der Waals surface area contributed by atoms with E-state index in [1.54, 1.807) is 0 Å². The molecule has 0 saturated carbocycles. The molecule has 10 heavy (non-hydrogen) atoms. The van der Waals surface area contributed by atoms with E-state index in [-0.39, 0.29) is 0 Å². The highest BCUT2D eigenvalue weighted by atomic mass is 15.2. The van der Waals surface area contributed by atoms with Crippen molar-refractivity contribution in [3.8, 4) is 5.97 Å². The van der Waals surface area contributed by atoms with E-state index >= 15 is 0 Å². The normalized spacial score (nSPS) is 11.0. The van der Waals surface area contributed by atoms with Crippen molar-refractivity contribution in [3.05, 3.63) is 0 Å². The first-order valence-corrected chi connectivity index (χ1v) is 4.09. The highest BCUT2D eigenvalue weighted by Crippen LogP contribution is 1.97. The molecule has 3 heteroatoms. The Morgan fingerprint density at radius 1 is 1.50 bits per heavy atom. The molecule has 0 bridgehead atoms. The molecule has 0 aliphatic carbocycles. The van der Waals surface area contributed by atoms with Gasteiger partial charge in [0.25, 0.3) is 7.41 Å². The number of nitrogens with zero attached hydrogens (tertiary/aromatic N) is 2. The maximum absolute atomic E-state index is 8.49. The van der Waals surface area contributed by atoms with Crippen molar-refractivity contribution in [2.75, 3.05) is 20.6 Å². The van der Waals surface area contributed by atoms with Gasteiger partial charge < -0.3 is 4.39 Å².